The van der Waals surface area contributed by atoms with Crippen molar-refractivity contribution >= 4 is 11.0 Å². The van der Waals surface area contributed by atoms with Crippen molar-refractivity contribution < 1.29 is 0 Å². The molecule has 5 nitrogen and oxygen atoms in total. The first-order valence-corrected chi connectivity index (χ1v) is 7.00. The minimum atomic E-state index is 0.853. The zero-order valence-corrected chi connectivity index (χ0v) is 12.0. The molecule has 1 aromatic carbocycles. The molecule has 0 saturated carbocycles. The first-order valence-electron chi connectivity index (χ1n) is 7.00. The molecule has 0 radical (unpaired) electrons. The second-order valence-electron chi connectivity index (χ2n) is 5.05. The average Bonchev–Trinajstić information content (AvgIpc) is 3.04. The van der Waals surface area contributed by atoms with E-state index < -0.39 is 0 Å². The van der Waals surface area contributed by atoms with Crippen molar-refractivity contribution in [2.75, 3.05) is 0 Å². The second-order valence-corrected chi connectivity index (χ2v) is 5.05. The summed E-state index contributed by atoms with van der Waals surface area (Å²) in [6.07, 6.45) is 5.08. The molecule has 4 rings (SSSR count). The summed E-state index contributed by atoms with van der Waals surface area (Å²) in [6.45, 7) is 1.98. The van der Waals surface area contributed by atoms with Gasteiger partial charge in [-0.05, 0) is 31.2 Å². The van der Waals surface area contributed by atoms with E-state index >= 15 is 0 Å². The Balaban J connectivity index is 1.87. The average molecular weight is 287 g/mol. The molecule has 0 aliphatic rings. The molecule has 3 aromatic heterocycles. The van der Waals surface area contributed by atoms with Gasteiger partial charge in [-0.3, -0.25) is 15.0 Å². The number of fused-ring (bicyclic) bond motifs is 1. The van der Waals surface area contributed by atoms with E-state index in [0.717, 1.165) is 39.4 Å². The number of pyridine rings is 1. The van der Waals surface area contributed by atoms with Crippen LogP contribution in [0.25, 0.3) is 33.7 Å². The van der Waals surface area contributed by atoms with Gasteiger partial charge in [0.1, 0.15) is 0 Å². The van der Waals surface area contributed by atoms with Crippen LogP contribution in [0.15, 0.2) is 55.1 Å². The SMILES string of the molecule is Cc1cccc(-c2[nH]cnc2-c2ccc3nccnc3c2)n1. The Labute approximate surface area is 127 Å². The number of benzene rings is 1. The van der Waals surface area contributed by atoms with Crippen molar-refractivity contribution in [3.63, 3.8) is 0 Å². The molecule has 3 heterocycles. The molecule has 1 N–H and O–H groups in total. The lowest BCUT2D eigenvalue weighted by Gasteiger charge is -2.04. The monoisotopic (exact) mass is 287 g/mol. The van der Waals surface area contributed by atoms with Crippen LogP contribution in [-0.2, 0) is 0 Å². The molecule has 106 valence electrons. The maximum atomic E-state index is 4.56. The number of hydrogen-bond acceptors (Lipinski definition) is 4. The largest absolute Gasteiger partial charge is 0.343 e. The van der Waals surface area contributed by atoms with Gasteiger partial charge in [0.15, 0.2) is 0 Å². The molecule has 0 amide bonds. The minimum Gasteiger partial charge on any atom is -0.343 e. The fourth-order valence-electron chi connectivity index (χ4n) is 2.50. The number of H-pyrrole nitrogens is 1. The number of aromatic amines is 1. The van der Waals surface area contributed by atoms with E-state index in [4.69, 9.17) is 0 Å². The van der Waals surface area contributed by atoms with Gasteiger partial charge in [-0.15, -0.1) is 0 Å². The van der Waals surface area contributed by atoms with E-state index in [1.54, 1.807) is 18.7 Å². The van der Waals surface area contributed by atoms with Crippen LogP contribution in [0.4, 0.5) is 0 Å². The predicted octanol–water partition coefficient (Wildman–Crippen LogP) is 3.39. The quantitative estimate of drug-likeness (QED) is 0.613. The number of aryl methyl sites for hydroxylation is 1. The van der Waals surface area contributed by atoms with Gasteiger partial charge in [0.2, 0.25) is 0 Å². The highest BCUT2D eigenvalue weighted by atomic mass is 14.9. The molecule has 0 aliphatic carbocycles. The number of rotatable bonds is 2. The summed E-state index contributed by atoms with van der Waals surface area (Å²) in [5.41, 5.74) is 6.35. The summed E-state index contributed by atoms with van der Waals surface area (Å²) in [4.78, 5) is 20.9. The van der Waals surface area contributed by atoms with E-state index in [9.17, 15) is 0 Å². The van der Waals surface area contributed by atoms with Crippen LogP contribution in [0, 0.1) is 6.92 Å². The standard InChI is InChI=1S/C17H13N5/c1-11-3-2-4-14(22-11)17-16(20-10-21-17)12-5-6-13-15(9-12)19-8-7-18-13/h2-10H,1H3,(H,20,21). The Morgan fingerprint density at radius 2 is 1.77 bits per heavy atom. The van der Waals surface area contributed by atoms with Gasteiger partial charge in [-0.2, -0.15) is 0 Å². The lowest BCUT2D eigenvalue weighted by atomic mass is 10.1. The second kappa shape index (κ2) is 5.04. The topological polar surface area (TPSA) is 67.3 Å². The van der Waals surface area contributed by atoms with Gasteiger partial charge in [0.25, 0.3) is 0 Å². The zero-order valence-electron chi connectivity index (χ0n) is 12.0. The molecule has 0 aliphatic heterocycles. The summed E-state index contributed by atoms with van der Waals surface area (Å²) in [6, 6.07) is 11.9. The van der Waals surface area contributed by atoms with Crippen LogP contribution in [0.3, 0.4) is 0 Å². The van der Waals surface area contributed by atoms with Gasteiger partial charge in [0, 0.05) is 23.7 Å². The molecule has 0 saturated heterocycles. The third-order valence-electron chi connectivity index (χ3n) is 3.53. The van der Waals surface area contributed by atoms with Crippen LogP contribution in [0.5, 0.6) is 0 Å². The Kier molecular flexibility index (Phi) is 2.89. The number of hydrogen-bond donors (Lipinski definition) is 1. The van der Waals surface area contributed by atoms with E-state index in [-0.39, 0.29) is 0 Å². The fraction of sp³-hybridized carbons (Fsp3) is 0.0588. The lowest BCUT2D eigenvalue weighted by molar-refractivity contribution is 1.19. The van der Waals surface area contributed by atoms with Crippen LogP contribution in [-0.4, -0.2) is 24.9 Å². The van der Waals surface area contributed by atoms with Crippen LogP contribution >= 0.6 is 0 Å². The molecule has 0 spiro atoms. The van der Waals surface area contributed by atoms with Crippen LogP contribution < -0.4 is 0 Å². The van der Waals surface area contributed by atoms with Crippen molar-refractivity contribution in [2.45, 2.75) is 6.92 Å². The molecule has 0 atom stereocenters. The van der Waals surface area contributed by atoms with E-state index in [1.165, 1.54) is 0 Å². The first-order chi connectivity index (χ1) is 10.8. The van der Waals surface area contributed by atoms with Gasteiger partial charge in [0.05, 0.1) is 34.4 Å². The van der Waals surface area contributed by atoms with Gasteiger partial charge in [-0.25, -0.2) is 4.98 Å². The summed E-state index contributed by atoms with van der Waals surface area (Å²) in [5.74, 6) is 0. The maximum Gasteiger partial charge on any atom is 0.0977 e. The molecule has 0 bridgehead atoms. The molecule has 0 fully saturated rings. The highest BCUT2D eigenvalue weighted by molar-refractivity contribution is 5.84. The Hall–Kier alpha value is -3.08. The lowest BCUT2D eigenvalue weighted by Crippen LogP contribution is -1.90. The van der Waals surface area contributed by atoms with Crippen LogP contribution in [0.2, 0.25) is 0 Å². The van der Waals surface area contributed by atoms with Crippen LogP contribution in [0.1, 0.15) is 5.69 Å². The number of nitrogens with one attached hydrogen (secondary N) is 1. The molecule has 4 aromatic rings. The highest BCUT2D eigenvalue weighted by Gasteiger charge is 2.12. The van der Waals surface area contributed by atoms with Crippen molar-refractivity contribution in [2.24, 2.45) is 0 Å². The summed E-state index contributed by atoms with van der Waals surface area (Å²) in [7, 11) is 0. The van der Waals surface area contributed by atoms with Crippen molar-refractivity contribution in [1.29, 1.82) is 0 Å². The normalized spacial score (nSPS) is 11.0. The smallest absolute Gasteiger partial charge is 0.0977 e. The van der Waals surface area contributed by atoms with E-state index in [2.05, 4.69) is 24.9 Å². The van der Waals surface area contributed by atoms with Gasteiger partial charge < -0.3 is 4.98 Å². The summed E-state index contributed by atoms with van der Waals surface area (Å²) in [5, 5.41) is 0. The minimum absolute atomic E-state index is 0.853. The van der Waals surface area contributed by atoms with Gasteiger partial charge >= 0.3 is 0 Å². The maximum absolute atomic E-state index is 4.56. The molecule has 0 unspecified atom stereocenters. The van der Waals surface area contributed by atoms with E-state index in [1.807, 2.05) is 43.3 Å². The first kappa shape index (κ1) is 12.6. The number of imidazole rings is 1. The number of aromatic nitrogens is 5. The predicted molar refractivity (Wildman–Crippen MR) is 85.1 cm³/mol. The highest BCUT2D eigenvalue weighted by Crippen LogP contribution is 2.29. The summed E-state index contributed by atoms with van der Waals surface area (Å²) < 4.78 is 0. The Bertz CT molecular complexity index is 958. The third-order valence-corrected chi connectivity index (χ3v) is 3.53. The van der Waals surface area contributed by atoms with E-state index in [0.29, 0.717) is 0 Å². The third kappa shape index (κ3) is 2.13. The van der Waals surface area contributed by atoms with Gasteiger partial charge in [-0.1, -0.05) is 12.1 Å². The molecular weight excluding hydrogens is 274 g/mol. The van der Waals surface area contributed by atoms with Crippen molar-refractivity contribution in [3.8, 4) is 22.6 Å². The Morgan fingerprint density at radius 3 is 2.64 bits per heavy atom. The van der Waals surface area contributed by atoms with Crippen molar-refractivity contribution in [3.05, 3.63) is 60.8 Å². The zero-order chi connectivity index (χ0) is 14.9. The number of nitrogens with zero attached hydrogens (tertiary/aromatic N) is 4. The molecule has 22 heavy (non-hydrogen) atoms. The summed E-state index contributed by atoms with van der Waals surface area (Å²) >= 11 is 0. The molecular formula is C17H13N5. The Morgan fingerprint density at radius 1 is 0.909 bits per heavy atom. The molecule has 5 heteroatoms. The fourth-order valence-corrected chi connectivity index (χ4v) is 2.50. The van der Waals surface area contributed by atoms with Crippen molar-refractivity contribution in [1.82, 2.24) is 24.9 Å².